The monoisotopic (exact) mass is 249 g/mol. The zero-order chi connectivity index (χ0) is 12.8. The van der Waals surface area contributed by atoms with Crippen LogP contribution in [0.4, 0.5) is 0 Å². The van der Waals surface area contributed by atoms with E-state index in [2.05, 4.69) is 35.1 Å². The van der Waals surface area contributed by atoms with E-state index in [1.165, 1.54) is 11.1 Å². The third-order valence-corrected chi connectivity index (χ3v) is 3.22. The SMILES string of the molecule is Cc1cncc(CNC(C)CN2CCOCC2)c1. The van der Waals surface area contributed by atoms with Crippen LogP contribution >= 0.6 is 0 Å². The van der Waals surface area contributed by atoms with Crippen LogP contribution in [0, 0.1) is 6.92 Å². The van der Waals surface area contributed by atoms with Gasteiger partial charge in [0.05, 0.1) is 13.2 Å². The van der Waals surface area contributed by atoms with Crippen molar-refractivity contribution >= 4 is 0 Å². The Bertz CT molecular complexity index is 364. The van der Waals surface area contributed by atoms with Gasteiger partial charge in [0, 0.05) is 44.6 Å². The van der Waals surface area contributed by atoms with E-state index in [-0.39, 0.29) is 0 Å². The topological polar surface area (TPSA) is 37.4 Å². The minimum Gasteiger partial charge on any atom is -0.379 e. The normalized spacial score (nSPS) is 18.8. The molecule has 18 heavy (non-hydrogen) atoms. The Kier molecular flexibility index (Phi) is 5.11. The Hall–Kier alpha value is -0.970. The largest absolute Gasteiger partial charge is 0.379 e. The standard InChI is InChI=1S/C14H23N3O/c1-12-7-14(9-15-8-12)10-16-13(2)11-17-3-5-18-6-4-17/h7-9,13,16H,3-6,10-11H2,1-2H3. The Morgan fingerprint density at radius 2 is 2.17 bits per heavy atom. The van der Waals surface area contributed by atoms with Crippen molar-refractivity contribution in [1.82, 2.24) is 15.2 Å². The third kappa shape index (κ3) is 4.37. The number of aryl methyl sites for hydroxylation is 1. The maximum atomic E-state index is 5.35. The predicted molar refractivity (Wildman–Crippen MR) is 72.5 cm³/mol. The number of hydrogen-bond acceptors (Lipinski definition) is 4. The predicted octanol–water partition coefficient (Wildman–Crippen LogP) is 1.20. The number of ether oxygens (including phenoxy) is 1. The van der Waals surface area contributed by atoms with E-state index in [1.807, 2.05) is 12.4 Å². The van der Waals surface area contributed by atoms with Crippen molar-refractivity contribution in [1.29, 1.82) is 0 Å². The van der Waals surface area contributed by atoms with Crippen LogP contribution in [-0.2, 0) is 11.3 Å². The summed E-state index contributed by atoms with van der Waals surface area (Å²) in [6.07, 6.45) is 3.82. The van der Waals surface area contributed by atoms with E-state index in [0.29, 0.717) is 6.04 Å². The highest BCUT2D eigenvalue weighted by Gasteiger charge is 2.13. The summed E-state index contributed by atoms with van der Waals surface area (Å²) in [6.45, 7) is 10.1. The Morgan fingerprint density at radius 3 is 2.89 bits per heavy atom. The number of hydrogen-bond donors (Lipinski definition) is 1. The highest BCUT2D eigenvalue weighted by Crippen LogP contribution is 2.02. The summed E-state index contributed by atoms with van der Waals surface area (Å²) in [5.74, 6) is 0. The molecule has 2 rings (SSSR count). The summed E-state index contributed by atoms with van der Waals surface area (Å²) in [6, 6.07) is 2.67. The summed E-state index contributed by atoms with van der Waals surface area (Å²) in [5.41, 5.74) is 2.47. The molecule has 1 atom stereocenters. The average Bonchev–Trinajstić information content (AvgIpc) is 2.38. The highest BCUT2D eigenvalue weighted by atomic mass is 16.5. The Labute approximate surface area is 109 Å². The first-order valence-corrected chi connectivity index (χ1v) is 6.68. The number of nitrogens with one attached hydrogen (secondary N) is 1. The molecule has 1 aliphatic heterocycles. The maximum Gasteiger partial charge on any atom is 0.0594 e. The first-order valence-electron chi connectivity index (χ1n) is 6.68. The smallest absolute Gasteiger partial charge is 0.0594 e. The van der Waals surface area contributed by atoms with Crippen LogP contribution in [0.2, 0.25) is 0 Å². The van der Waals surface area contributed by atoms with Crippen molar-refractivity contribution in [3.05, 3.63) is 29.6 Å². The molecule has 0 bridgehead atoms. The number of morpholine rings is 1. The van der Waals surface area contributed by atoms with Gasteiger partial charge in [0.15, 0.2) is 0 Å². The fraction of sp³-hybridized carbons (Fsp3) is 0.643. The lowest BCUT2D eigenvalue weighted by atomic mass is 10.2. The maximum absolute atomic E-state index is 5.35. The molecular formula is C14H23N3O. The molecule has 1 fully saturated rings. The van der Waals surface area contributed by atoms with E-state index in [1.54, 1.807) is 0 Å². The molecule has 0 amide bonds. The number of aromatic nitrogens is 1. The summed E-state index contributed by atoms with van der Waals surface area (Å²) in [7, 11) is 0. The van der Waals surface area contributed by atoms with Crippen molar-refractivity contribution in [3.63, 3.8) is 0 Å². The number of nitrogens with zero attached hydrogens (tertiary/aromatic N) is 2. The van der Waals surface area contributed by atoms with Gasteiger partial charge in [-0.05, 0) is 25.0 Å². The van der Waals surface area contributed by atoms with E-state index in [4.69, 9.17) is 4.74 Å². The van der Waals surface area contributed by atoms with Crippen LogP contribution in [0.3, 0.4) is 0 Å². The molecule has 1 saturated heterocycles. The molecule has 1 aromatic rings. The molecule has 1 aliphatic rings. The van der Waals surface area contributed by atoms with Gasteiger partial charge >= 0.3 is 0 Å². The highest BCUT2D eigenvalue weighted by molar-refractivity contribution is 5.16. The van der Waals surface area contributed by atoms with E-state index < -0.39 is 0 Å². The first-order chi connectivity index (χ1) is 8.74. The second-order valence-electron chi connectivity index (χ2n) is 5.07. The first kappa shape index (κ1) is 13.5. The van der Waals surface area contributed by atoms with Crippen LogP contribution in [-0.4, -0.2) is 48.8 Å². The molecule has 0 radical (unpaired) electrons. The van der Waals surface area contributed by atoms with Gasteiger partial charge in [0.2, 0.25) is 0 Å². The molecule has 0 aliphatic carbocycles. The van der Waals surface area contributed by atoms with Gasteiger partial charge in [0.25, 0.3) is 0 Å². The fourth-order valence-corrected chi connectivity index (χ4v) is 2.24. The van der Waals surface area contributed by atoms with Crippen LogP contribution in [0.25, 0.3) is 0 Å². The van der Waals surface area contributed by atoms with Crippen molar-refractivity contribution in [2.45, 2.75) is 26.4 Å². The van der Waals surface area contributed by atoms with Gasteiger partial charge in [0.1, 0.15) is 0 Å². The van der Waals surface area contributed by atoms with Gasteiger partial charge in [-0.15, -0.1) is 0 Å². The molecule has 0 aromatic carbocycles. The van der Waals surface area contributed by atoms with Gasteiger partial charge in [-0.25, -0.2) is 0 Å². The molecule has 2 heterocycles. The molecule has 0 spiro atoms. The fourth-order valence-electron chi connectivity index (χ4n) is 2.24. The zero-order valence-corrected chi connectivity index (χ0v) is 11.4. The van der Waals surface area contributed by atoms with Crippen LogP contribution < -0.4 is 5.32 Å². The lowest BCUT2D eigenvalue weighted by Crippen LogP contribution is -2.44. The number of pyridine rings is 1. The molecule has 1 unspecified atom stereocenters. The van der Waals surface area contributed by atoms with Crippen molar-refractivity contribution in [2.24, 2.45) is 0 Å². The second-order valence-corrected chi connectivity index (χ2v) is 5.07. The van der Waals surface area contributed by atoms with E-state index in [9.17, 15) is 0 Å². The van der Waals surface area contributed by atoms with Gasteiger partial charge in [-0.2, -0.15) is 0 Å². The van der Waals surface area contributed by atoms with E-state index >= 15 is 0 Å². The molecule has 4 nitrogen and oxygen atoms in total. The quantitative estimate of drug-likeness (QED) is 0.851. The van der Waals surface area contributed by atoms with Gasteiger partial charge in [-0.3, -0.25) is 9.88 Å². The second kappa shape index (κ2) is 6.83. The minimum atomic E-state index is 0.489. The molecule has 1 N–H and O–H groups in total. The Balaban J connectivity index is 1.72. The molecule has 4 heteroatoms. The lowest BCUT2D eigenvalue weighted by Gasteiger charge is -2.29. The van der Waals surface area contributed by atoms with Crippen LogP contribution in [0.5, 0.6) is 0 Å². The molecule has 0 saturated carbocycles. The third-order valence-electron chi connectivity index (χ3n) is 3.22. The van der Waals surface area contributed by atoms with Crippen LogP contribution in [0.15, 0.2) is 18.5 Å². The molecule has 1 aromatic heterocycles. The zero-order valence-electron chi connectivity index (χ0n) is 11.4. The summed E-state index contributed by atoms with van der Waals surface area (Å²) in [5, 5.41) is 3.55. The minimum absolute atomic E-state index is 0.489. The number of rotatable bonds is 5. The summed E-state index contributed by atoms with van der Waals surface area (Å²) >= 11 is 0. The molecular weight excluding hydrogens is 226 g/mol. The van der Waals surface area contributed by atoms with Crippen molar-refractivity contribution < 1.29 is 4.74 Å². The van der Waals surface area contributed by atoms with Gasteiger partial charge < -0.3 is 10.1 Å². The Morgan fingerprint density at radius 1 is 1.39 bits per heavy atom. The van der Waals surface area contributed by atoms with E-state index in [0.717, 1.165) is 39.4 Å². The van der Waals surface area contributed by atoms with Crippen molar-refractivity contribution in [2.75, 3.05) is 32.8 Å². The molecule has 100 valence electrons. The lowest BCUT2D eigenvalue weighted by molar-refractivity contribution is 0.0343. The van der Waals surface area contributed by atoms with Gasteiger partial charge in [-0.1, -0.05) is 6.07 Å². The summed E-state index contributed by atoms with van der Waals surface area (Å²) < 4.78 is 5.35. The van der Waals surface area contributed by atoms with Crippen LogP contribution in [0.1, 0.15) is 18.1 Å². The average molecular weight is 249 g/mol. The van der Waals surface area contributed by atoms with Crippen molar-refractivity contribution in [3.8, 4) is 0 Å². The summed E-state index contributed by atoms with van der Waals surface area (Å²) in [4.78, 5) is 6.66.